The van der Waals surface area contributed by atoms with Crippen molar-refractivity contribution in [2.45, 2.75) is 12.5 Å². The quantitative estimate of drug-likeness (QED) is 0.874. The third-order valence-electron chi connectivity index (χ3n) is 4.33. The Hall–Kier alpha value is -2.00. The van der Waals surface area contributed by atoms with Crippen molar-refractivity contribution in [2.75, 3.05) is 30.4 Å². The Labute approximate surface area is 119 Å². The van der Waals surface area contributed by atoms with Gasteiger partial charge in [0.15, 0.2) is 0 Å². The molecule has 1 unspecified atom stereocenters. The Bertz CT molecular complexity index is 650. The average molecular weight is 265 g/mol. The second kappa shape index (κ2) is 4.53. The lowest BCUT2D eigenvalue weighted by atomic mass is 10.0. The maximum absolute atomic E-state index is 3.70. The van der Waals surface area contributed by atoms with Crippen molar-refractivity contribution in [3.8, 4) is 0 Å². The zero-order valence-corrected chi connectivity index (χ0v) is 11.7. The monoisotopic (exact) mass is 265 g/mol. The van der Waals surface area contributed by atoms with Crippen LogP contribution in [-0.4, -0.2) is 20.1 Å². The topological polar surface area (TPSA) is 27.3 Å². The number of nitrogens with one attached hydrogen (secondary N) is 2. The third-order valence-corrected chi connectivity index (χ3v) is 4.33. The Morgan fingerprint density at radius 3 is 3.00 bits per heavy atom. The van der Waals surface area contributed by atoms with E-state index >= 15 is 0 Å². The minimum absolute atomic E-state index is 0.319. The van der Waals surface area contributed by atoms with Gasteiger partial charge in [-0.15, -0.1) is 0 Å². The van der Waals surface area contributed by atoms with Crippen LogP contribution in [0, 0.1) is 0 Å². The van der Waals surface area contributed by atoms with E-state index in [1.54, 1.807) is 0 Å². The highest BCUT2D eigenvalue weighted by atomic mass is 15.2. The van der Waals surface area contributed by atoms with E-state index in [-0.39, 0.29) is 0 Å². The van der Waals surface area contributed by atoms with Gasteiger partial charge in [0.25, 0.3) is 0 Å². The molecule has 0 fully saturated rings. The summed E-state index contributed by atoms with van der Waals surface area (Å²) in [5.74, 6) is 0. The van der Waals surface area contributed by atoms with Crippen LogP contribution in [0.2, 0.25) is 0 Å². The summed E-state index contributed by atoms with van der Waals surface area (Å²) < 4.78 is 0. The molecule has 0 radical (unpaired) electrons. The second-order valence-electron chi connectivity index (χ2n) is 5.53. The van der Waals surface area contributed by atoms with Crippen LogP contribution in [0.3, 0.4) is 0 Å². The van der Waals surface area contributed by atoms with Gasteiger partial charge in [0.05, 0.1) is 17.4 Å². The number of para-hydroxylation sites is 3. The summed E-state index contributed by atoms with van der Waals surface area (Å²) in [5.41, 5.74) is 6.84. The second-order valence-corrected chi connectivity index (χ2v) is 5.53. The van der Waals surface area contributed by atoms with Crippen LogP contribution in [0.25, 0.3) is 0 Å². The van der Waals surface area contributed by atoms with Crippen LogP contribution in [0.1, 0.15) is 17.2 Å². The normalized spacial score (nSPS) is 19.1. The molecule has 0 bridgehead atoms. The Morgan fingerprint density at radius 2 is 2.10 bits per heavy atom. The number of nitrogens with zero attached hydrogens (tertiary/aromatic N) is 1. The molecule has 0 aliphatic carbocycles. The Kier molecular flexibility index (Phi) is 2.67. The molecule has 0 amide bonds. The summed E-state index contributed by atoms with van der Waals surface area (Å²) in [4.78, 5) is 2.47. The molecule has 2 aliphatic heterocycles. The van der Waals surface area contributed by atoms with E-state index in [1.165, 1.54) is 28.2 Å². The van der Waals surface area contributed by atoms with Crippen LogP contribution >= 0.6 is 0 Å². The molecule has 3 nitrogen and oxygen atoms in total. The van der Waals surface area contributed by atoms with Crippen LogP contribution in [-0.2, 0) is 6.42 Å². The van der Waals surface area contributed by atoms with Crippen molar-refractivity contribution < 1.29 is 0 Å². The fourth-order valence-electron chi connectivity index (χ4n) is 3.47. The molecule has 1 atom stereocenters. The molecular formula is C17H19N3. The molecule has 3 heteroatoms. The maximum Gasteiger partial charge on any atom is 0.0659 e. The Balaban J connectivity index is 1.94. The molecule has 0 aromatic heterocycles. The summed E-state index contributed by atoms with van der Waals surface area (Å²) >= 11 is 0. The lowest BCUT2D eigenvalue weighted by Crippen LogP contribution is -2.23. The molecule has 0 spiro atoms. The van der Waals surface area contributed by atoms with Gasteiger partial charge >= 0.3 is 0 Å². The lowest BCUT2D eigenvalue weighted by Gasteiger charge is -2.21. The first-order chi connectivity index (χ1) is 9.88. The number of hydrogen-bond donors (Lipinski definition) is 2. The molecule has 0 saturated heterocycles. The summed E-state index contributed by atoms with van der Waals surface area (Å²) in [6.07, 6.45) is 1.14. The number of anilines is 3. The van der Waals surface area contributed by atoms with Crippen LogP contribution in [0.4, 0.5) is 17.1 Å². The van der Waals surface area contributed by atoms with E-state index in [9.17, 15) is 0 Å². The van der Waals surface area contributed by atoms with Crippen LogP contribution in [0.15, 0.2) is 42.5 Å². The van der Waals surface area contributed by atoms with E-state index in [0.29, 0.717) is 6.04 Å². The summed E-state index contributed by atoms with van der Waals surface area (Å²) in [5, 5.41) is 7.01. The van der Waals surface area contributed by atoms with Crippen molar-refractivity contribution in [1.29, 1.82) is 0 Å². The largest absolute Gasteiger partial charge is 0.375 e. The number of hydrogen-bond acceptors (Lipinski definition) is 3. The average Bonchev–Trinajstić information content (AvgIpc) is 2.85. The van der Waals surface area contributed by atoms with E-state index in [0.717, 1.165) is 19.5 Å². The number of rotatable bonds is 2. The van der Waals surface area contributed by atoms with Gasteiger partial charge in [-0.3, -0.25) is 0 Å². The van der Waals surface area contributed by atoms with Gasteiger partial charge in [-0.1, -0.05) is 30.3 Å². The highest BCUT2D eigenvalue weighted by Crippen LogP contribution is 2.46. The maximum atomic E-state index is 3.70. The van der Waals surface area contributed by atoms with Crippen molar-refractivity contribution >= 4 is 17.1 Å². The van der Waals surface area contributed by atoms with Gasteiger partial charge in [-0.25, -0.2) is 0 Å². The first-order valence-corrected chi connectivity index (χ1v) is 7.28. The highest BCUT2D eigenvalue weighted by Gasteiger charge is 2.31. The van der Waals surface area contributed by atoms with Gasteiger partial charge in [-0.05, 0) is 36.7 Å². The molecule has 2 aromatic rings. The van der Waals surface area contributed by atoms with Gasteiger partial charge in [0.1, 0.15) is 0 Å². The number of likely N-dealkylation sites (N-methyl/N-ethyl adjacent to an activating group) is 1. The SMILES string of the molecule is CNCC1Nc2ccccc2N2CCc3cccc1c32. The number of fused-ring (bicyclic) bond motifs is 2. The predicted octanol–water partition coefficient (Wildman–Crippen LogP) is 3.07. The first kappa shape index (κ1) is 11.8. The third kappa shape index (κ3) is 1.63. The minimum Gasteiger partial charge on any atom is -0.375 e. The van der Waals surface area contributed by atoms with Gasteiger partial charge in [0.2, 0.25) is 0 Å². The van der Waals surface area contributed by atoms with Gasteiger partial charge in [0, 0.05) is 18.8 Å². The number of benzene rings is 2. The summed E-state index contributed by atoms with van der Waals surface area (Å²) in [6.45, 7) is 2.01. The van der Waals surface area contributed by atoms with Gasteiger partial charge in [-0.2, -0.15) is 0 Å². The fourth-order valence-corrected chi connectivity index (χ4v) is 3.47. The van der Waals surface area contributed by atoms with Crippen molar-refractivity contribution in [3.63, 3.8) is 0 Å². The molecule has 2 aromatic carbocycles. The van der Waals surface area contributed by atoms with Crippen molar-refractivity contribution in [2.24, 2.45) is 0 Å². The molecule has 2 heterocycles. The van der Waals surface area contributed by atoms with E-state index in [1.807, 2.05) is 7.05 Å². The van der Waals surface area contributed by atoms with Crippen molar-refractivity contribution in [3.05, 3.63) is 53.6 Å². The van der Waals surface area contributed by atoms with E-state index in [2.05, 4.69) is 58.0 Å². The first-order valence-electron chi connectivity index (χ1n) is 7.28. The van der Waals surface area contributed by atoms with Crippen molar-refractivity contribution in [1.82, 2.24) is 5.32 Å². The van der Waals surface area contributed by atoms with Crippen LogP contribution < -0.4 is 15.5 Å². The van der Waals surface area contributed by atoms with Crippen LogP contribution in [0.5, 0.6) is 0 Å². The molecule has 2 aliphatic rings. The smallest absolute Gasteiger partial charge is 0.0659 e. The molecule has 102 valence electrons. The lowest BCUT2D eigenvalue weighted by molar-refractivity contribution is 0.692. The molecule has 2 N–H and O–H groups in total. The zero-order valence-electron chi connectivity index (χ0n) is 11.7. The fraction of sp³-hybridized carbons (Fsp3) is 0.294. The summed E-state index contributed by atoms with van der Waals surface area (Å²) in [7, 11) is 2.01. The predicted molar refractivity (Wildman–Crippen MR) is 83.9 cm³/mol. The highest BCUT2D eigenvalue weighted by molar-refractivity contribution is 5.84. The summed E-state index contributed by atoms with van der Waals surface area (Å²) in [6, 6.07) is 15.7. The van der Waals surface area contributed by atoms with Gasteiger partial charge < -0.3 is 15.5 Å². The molecule has 0 saturated carbocycles. The zero-order chi connectivity index (χ0) is 13.5. The minimum atomic E-state index is 0.319. The molecular weight excluding hydrogens is 246 g/mol. The molecule has 20 heavy (non-hydrogen) atoms. The molecule has 4 rings (SSSR count). The Morgan fingerprint density at radius 1 is 1.20 bits per heavy atom. The standard InChI is InChI=1S/C17H19N3/c1-18-11-15-13-6-4-5-12-9-10-20(17(12)13)16-8-3-2-7-14(16)19-15/h2-8,15,18-19H,9-11H2,1H3. The van der Waals surface area contributed by atoms with E-state index in [4.69, 9.17) is 0 Å². The van der Waals surface area contributed by atoms with E-state index < -0.39 is 0 Å².